The Morgan fingerprint density at radius 1 is 0.315 bits per heavy atom. The lowest BCUT2D eigenvalue weighted by Gasteiger charge is -2.38. The summed E-state index contributed by atoms with van der Waals surface area (Å²) in [4.78, 5) is 0. The van der Waals surface area contributed by atoms with E-state index in [1.807, 2.05) is 0 Å². The van der Waals surface area contributed by atoms with E-state index in [0.29, 0.717) is 79.3 Å². The predicted octanol–water partition coefficient (Wildman–Crippen LogP) is 5.18. The molecule has 0 aliphatic carbocycles. The van der Waals surface area contributed by atoms with Crippen LogP contribution in [0, 0.1) is 0 Å². The van der Waals surface area contributed by atoms with Gasteiger partial charge >= 0.3 is 0 Å². The van der Waals surface area contributed by atoms with Gasteiger partial charge in [-0.15, -0.1) is 0 Å². The Morgan fingerprint density at radius 2 is 0.481 bits per heavy atom. The Hall–Kier alpha value is 0.210. The van der Waals surface area contributed by atoms with Crippen molar-refractivity contribution in [3.63, 3.8) is 0 Å². The Kier molecular flexibility index (Phi) is 17.2. The van der Waals surface area contributed by atoms with Crippen molar-refractivity contribution in [2.75, 3.05) is 156 Å². The maximum Gasteiger partial charge on any atom is 0.104 e. The van der Waals surface area contributed by atoms with Gasteiger partial charge in [-0.25, -0.2) is 13.5 Å². The van der Waals surface area contributed by atoms with Crippen molar-refractivity contribution in [3.8, 4) is 0 Å². The van der Waals surface area contributed by atoms with Crippen LogP contribution in [0.25, 0.3) is 0 Å². The van der Waals surface area contributed by atoms with Crippen LogP contribution in [0.5, 0.6) is 0 Å². The number of hydrogen-bond acceptors (Lipinski definition) is 15. The van der Waals surface area contributed by atoms with Gasteiger partial charge in [0, 0.05) is 76.6 Å². The molecule has 0 aromatic rings. The van der Waals surface area contributed by atoms with Crippen LogP contribution in [0.1, 0.15) is 38.5 Å². The molecule has 6 fully saturated rings. The van der Waals surface area contributed by atoms with E-state index in [1.54, 1.807) is 0 Å². The van der Waals surface area contributed by atoms with E-state index >= 15 is 0 Å². The molecule has 7 aliphatic heterocycles. The molecule has 6 unspecified atom stereocenters. The van der Waals surface area contributed by atoms with E-state index in [9.17, 15) is 0 Å². The third-order valence-corrected chi connectivity index (χ3v) is 24.3. The zero-order valence-corrected chi connectivity index (χ0v) is 34.9. The molecule has 0 spiro atoms. The Balaban J connectivity index is 1.13. The fourth-order valence-electron chi connectivity index (χ4n) is 6.65. The second kappa shape index (κ2) is 22.0. The van der Waals surface area contributed by atoms with Crippen molar-refractivity contribution in [2.24, 2.45) is 13.5 Å². The molecule has 0 aromatic heterocycles. The van der Waals surface area contributed by atoms with E-state index in [-0.39, 0.29) is 36.6 Å². The maximum atomic E-state index is 6.10. The number of hydrogen-bond donors (Lipinski definition) is 0. The molecule has 18 heteroatoms. The topological polar surface area (TPSA) is 168 Å². The average Bonchev–Trinajstić information content (AvgIpc) is 3.92. The minimum atomic E-state index is -2.19. The van der Waals surface area contributed by atoms with Gasteiger partial charge in [0.2, 0.25) is 0 Å². The van der Waals surface area contributed by atoms with Crippen LogP contribution in [0.15, 0.2) is 13.5 Å². The van der Waals surface area contributed by atoms with Gasteiger partial charge in [0.05, 0.1) is 101 Å². The first-order valence-corrected chi connectivity index (χ1v) is 26.8. The molecule has 54 heavy (non-hydrogen) atoms. The summed E-state index contributed by atoms with van der Waals surface area (Å²) >= 11 is 0. The number of epoxide rings is 6. The van der Waals surface area contributed by atoms with Crippen LogP contribution in [-0.4, -0.2) is 193 Å². The Morgan fingerprint density at radius 3 is 0.630 bits per heavy atom. The monoisotopic (exact) mass is 825 g/mol. The highest BCUT2D eigenvalue weighted by Gasteiger charge is 2.37. The number of nitrogens with zero attached hydrogens (tertiary/aromatic N) is 3. The van der Waals surface area contributed by atoms with Gasteiger partial charge in [-0.2, -0.15) is 0 Å². The molecular formula is C36H66N3O12P3. The smallest absolute Gasteiger partial charge is 0.104 e. The SMILES string of the molecule is C(COCC1CO1)CP1(CCCOCC2CO2)=NP(CCCOCC2CO2)(CCCOCC2CO2)=NP(CCCOCC2CO2)(CCCOCC2CO2)=N1. The lowest BCUT2D eigenvalue weighted by atomic mass is 10.5. The first-order chi connectivity index (χ1) is 26.6. The summed E-state index contributed by atoms with van der Waals surface area (Å²) in [5.74, 6) is 0. The highest BCUT2D eigenvalue weighted by atomic mass is 31.3. The largest absolute Gasteiger partial charge is 0.379 e. The van der Waals surface area contributed by atoms with Crippen molar-refractivity contribution in [1.82, 2.24) is 0 Å². The van der Waals surface area contributed by atoms with Gasteiger partial charge in [0.15, 0.2) is 0 Å². The number of ether oxygens (including phenoxy) is 12. The van der Waals surface area contributed by atoms with Crippen LogP contribution >= 0.6 is 21.6 Å². The van der Waals surface area contributed by atoms with E-state index in [2.05, 4.69) is 0 Å². The van der Waals surface area contributed by atoms with E-state index in [0.717, 1.165) is 115 Å². The minimum Gasteiger partial charge on any atom is -0.379 e. The van der Waals surface area contributed by atoms with E-state index in [1.165, 1.54) is 0 Å². The zero-order chi connectivity index (χ0) is 36.8. The summed E-state index contributed by atoms with van der Waals surface area (Å²) in [6, 6.07) is 0. The lowest BCUT2D eigenvalue weighted by molar-refractivity contribution is 0.116. The standard InChI is InChI=1S/C36H66N3O12P3/c1(7-40-19-31-25-46-31)13-52(14-2-8-41-20-32-26-47-32)37-53(15-3-9-42-21-33-27-48-33,16-4-10-43-22-34-28-49-34)39-54(38-52,17-5-11-44-23-35-29-50-35)18-6-12-45-24-36-30-51-36/h31-36H,1-30H2. The third kappa shape index (κ3) is 16.8. The van der Waals surface area contributed by atoms with E-state index < -0.39 is 21.6 Å². The molecule has 7 aliphatic rings. The Labute approximate surface area is 322 Å². The van der Waals surface area contributed by atoms with Crippen molar-refractivity contribution >= 4 is 21.6 Å². The first-order valence-electron chi connectivity index (χ1n) is 20.6. The fourth-order valence-corrected chi connectivity index (χ4v) is 24.3. The van der Waals surface area contributed by atoms with Gasteiger partial charge in [-0.1, -0.05) is 0 Å². The summed E-state index contributed by atoms with van der Waals surface area (Å²) < 4.78 is 87.3. The van der Waals surface area contributed by atoms with Crippen molar-refractivity contribution in [1.29, 1.82) is 0 Å². The molecule has 0 amide bonds. The van der Waals surface area contributed by atoms with Crippen molar-refractivity contribution in [2.45, 2.75) is 75.1 Å². The molecule has 7 heterocycles. The highest BCUT2D eigenvalue weighted by Crippen LogP contribution is 2.79. The van der Waals surface area contributed by atoms with Crippen LogP contribution in [0.3, 0.4) is 0 Å². The van der Waals surface area contributed by atoms with Crippen LogP contribution in [0.2, 0.25) is 0 Å². The van der Waals surface area contributed by atoms with E-state index in [4.69, 9.17) is 70.4 Å². The molecule has 7 rings (SSSR count). The summed E-state index contributed by atoms with van der Waals surface area (Å²) in [5.41, 5.74) is 0. The number of rotatable bonds is 36. The van der Waals surface area contributed by atoms with Crippen LogP contribution < -0.4 is 0 Å². The lowest BCUT2D eigenvalue weighted by Crippen LogP contribution is -2.12. The van der Waals surface area contributed by atoms with Gasteiger partial charge < -0.3 is 56.8 Å². The van der Waals surface area contributed by atoms with Gasteiger partial charge in [0.25, 0.3) is 0 Å². The molecular weight excluding hydrogens is 759 g/mol. The van der Waals surface area contributed by atoms with Gasteiger partial charge in [0.1, 0.15) is 36.6 Å². The fraction of sp³-hybridized carbons (Fsp3) is 1.00. The molecule has 0 radical (unpaired) electrons. The summed E-state index contributed by atoms with van der Waals surface area (Å²) in [6.07, 6.45) is 12.7. The quantitative estimate of drug-likeness (QED) is 0.0462. The maximum absolute atomic E-state index is 6.10. The summed E-state index contributed by atoms with van der Waals surface area (Å²) in [7, 11) is -6.56. The summed E-state index contributed by atoms with van der Waals surface area (Å²) in [5, 5.41) is 0. The molecule has 6 saturated heterocycles. The molecule has 6 atom stereocenters. The minimum absolute atomic E-state index is 0.256. The molecule has 0 N–H and O–H groups in total. The zero-order valence-electron chi connectivity index (χ0n) is 32.3. The Bertz CT molecular complexity index is 1040. The average molecular weight is 826 g/mol. The van der Waals surface area contributed by atoms with Crippen LogP contribution in [0.4, 0.5) is 0 Å². The molecule has 312 valence electrons. The third-order valence-electron chi connectivity index (χ3n) is 10.1. The van der Waals surface area contributed by atoms with Crippen molar-refractivity contribution in [3.05, 3.63) is 0 Å². The summed E-state index contributed by atoms with van der Waals surface area (Å²) in [6.45, 7) is 13.0. The molecule has 0 bridgehead atoms. The normalized spacial score (nSPS) is 35.6. The molecule has 15 nitrogen and oxygen atoms in total. The predicted molar refractivity (Wildman–Crippen MR) is 208 cm³/mol. The van der Waals surface area contributed by atoms with Crippen LogP contribution in [-0.2, 0) is 56.8 Å². The van der Waals surface area contributed by atoms with Gasteiger partial charge in [-0.3, -0.25) is 0 Å². The molecule has 0 saturated carbocycles. The first kappa shape index (κ1) is 42.3. The molecule has 0 aromatic carbocycles. The highest BCUT2D eigenvalue weighted by molar-refractivity contribution is 7.87. The second-order valence-electron chi connectivity index (χ2n) is 15.5. The van der Waals surface area contributed by atoms with Crippen molar-refractivity contribution < 1.29 is 56.8 Å². The second-order valence-corrected chi connectivity index (χ2v) is 25.7. The van der Waals surface area contributed by atoms with Gasteiger partial charge in [-0.05, 0) is 38.5 Å².